The molecule has 4 rings (SSSR count). The maximum Gasteiger partial charge on any atom is 0.404 e. The Kier molecular flexibility index (Phi) is 6.55. The van der Waals surface area contributed by atoms with Crippen molar-refractivity contribution in [3.05, 3.63) is 53.2 Å². The Morgan fingerprint density at radius 2 is 2.19 bits per heavy atom. The SMILES string of the molecule is C[C@H](CCOc1ccc(F)cc1[C@H]1CCCN1c1ccc2ncnc(Cl)c2n1)OC(N)=O. The molecule has 1 fully saturated rings. The highest BCUT2D eigenvalue weighted by molar-refractivity contribution is 6.33. The molecule has 8 nitrogen and oxygen atoms in total. The molecule has 0 radical (unpaired) electrons. The fourth-order valence-electron chi connectivity index (χ4n) is 3.93. The molecule has 1 aliphatic rings. The lowest BCUT2D eigenvalue weighted by Crippen LogP contribution is -2.25. The number of ether oxygens (including phenoxy) is 2. The highest BCUT2D eigenvalue weighted by Crippen LogP contribution is 2.40. The number of nitrogens with zero attached hydrogens (tertiary/aromatic N) is 4. The zero-order valence-corrected chi connectivity index (χ0v) is 18.3. The molecule has 0 unspecified atom stereocenters. The van der Waals surface area contributed by atoms with E-state index in [1.54, 1.807) is 13.0 Å². The number of anilines is 1. The third kappa shape index (κ3) is 4.83. The lowest BCUT2D eigenvalue weighted by atomic mass is 10.0. The van der Waals surface area contributed by atoms with Gasteiger partial charge in [-0.1, -0.05) is 11.6 Å². The smallest absolute Gasteiger partial charge is 0.404 e. The van der Waals surface area contributed by atoms with Crippen LogP contribution in [0.1, 0.15) is 37.8 Å². The normalized spacial score (nSPS) is 16.8. The van der Waals surface area contributed by atoms with Crippen molar-refractivity contribution in [3.8, 4) is 5.75 Å². The van der Waals surface area contributed by atoms with Crippen LogP contribution in [0.4, 0.5) is 15.0 Å². The van der Waals surface area contributed by atoms with E-state index in [4.69, 9.17) is 26.8 Å². The first kappa shape index (κ1) is 22.0. The molecule has 3 aromatic rings. The maximum atomic E-state index is 14.2. The summed E-state index contributed by atoms with van der Waals surface area (Å²) in [5.41, 5.74) is 6.97. The zero-order valence-electron chi connectivity index (χ0n) is 17.5. The highest BCUT2D eigenvalue weighted by atomic mass is 35.5. The summed E-state index contributed by atoms with van der Waals surface area (Å²) in [6, 6.07) is 8.11. The first-order valence-electron chi connectivity index (χ1n) is 10.3. The van der Waals surface area contributed by atoms with Gasteiger partial charge in [0.05, 0.1) is 18.2 Å². The summed E-state index contributed by atoms with van der Waals surface area (Å²) >= 11 is 6.21. The summed E-state index contributed by atoms with van der Waals surface area (Å²) in [5.74, 6) is 0.958. The number of amides is 1. The van der Waals surface area contributed by atoms with Crippen LogP contribution in [0.3, 0.4) is 0 Å². The Morgan fingerprint density at radius 1 is 1.34 bits per heavy atom. The molecule has 1 aromatic carbocycles. The van der Waals surface area contributed by atoms with Crippen molar-refractivity contribution in [3.63, 3.8) is 0 Å². The molecule has 0 aliphatic carbocycles. The summed E-state index contributed by atoms with van der Waals surface area (Å²) in [7, 11) is 0. The number of carbonyl (C=O) groups excluding carboxylic acids is 1. The van der Waals surface area contributed by atoms with E-state index in [0.29, 0.717) is 29.8 Å². The predicted molar refractivity (Wildman–Crippen MR) is 118 cm³/mol. The van der Waals surface area contributed by atoms with Crippen molar-refractivity contribution < 1.29 is 18.7 Å². The molecule has 3 heterocycles. The van der Waals surface area contributed by atoms with Crippen molar-refractivity contribution in [1.29, 1.82) is 0 Å². The van der Waals surface area contributed by atoms with Gasteiger partial charge < -0.3 is 20.1 Å². The van der Waals surface area contributed by atoms with Crippen molar-refractivity contribution in [2.45, 2.75) is 38.3 Å². The van der Waals surface area contributed by atoms with Gasteiger partial charge >= 0.3 is 6.09 Å². The number of rotatable bonds is 7. The van der Waals surface area contributed by atoms with Crippen molar-refractivity contribution in [2.24, 2.45) is 5.73 Å². The summed E-state index contributed by atoms with van der Waals surface area (Å²) in [6.45, 7) is 2.79. The monoisotopic (exact) mass is 459 g/mol. The predicted octanol–water partition coefficient (Wildman–Crippen LogP) is 4.41. The fraction of sp³-hybridized carbons (Fsp3) is 0.364. The molecule has 1 amide bonds. The molecule has 0 saturated carbocycles. The van der Waals surface area contributed by atoms with Crippen molar-refractivity contribution >= 4 is 34.5 Å². The number of fused-ring (bicyclic) bond motifs is 1. The molecule has 168 valence electrons. The Morgan fingerprint density at radius 3 is 3.00 bits per heavy atom. The van der Waals surface area contributed by atoms with Gasteiger partial charge in [-0.15, -0.1) is 0 Å². The fourth-order valence-corrected chi connectivity index (χ4v) is 4.11. The lowest BCUT2D eigenvalue weighted by molar-refractivity contribution is 0.101. The Balaban J connectivity index is 1.58. The minimum absolute atomic E-state index is 0.117. The van der Waals surface area contributed by atoms with Gasteiger partial charge in [0, 0.05) is 18.5 Å². The molecule has 1 aliphatic heterocycles. The molecule has 10 heteroatoms. The molecule has 1 saturated heterocycles. The maximum absolute atomic E-state index is 14.2. The van der Waals surface area contributed by atoms with Gasteiger partial charge in [-0.25, -0.2) is 24.1 Å². The summed E-state index contributed by atoms with van der Waals surface area (Å²) in [6.07, 6.45) is 2.39. The van der Waals surface area contributed by atoms with Crippen LogP contribution in [0.5, 0.6) is 5.75 Å². The third-order valence-corrected chi connectivity index (χ3v) is 5.68. The number of hydrogen-bond donors (Lipinski definition) is 1. The number of nitrogens with two attached hydrogens (primary N) is 1. The van der Waals surface area contributed by atoms with Gasteiger partial charge in [0.25, 0.3) is 0 Å². The van der Waals surface area contributed by atoms with Gasteiger partial charge in [-0.05, 0) is 50.1 Å². The van der Waals surface area contributed by atoms with E-state index in [1.807, 2.05) is 12.1 Å². The molecule has 2 atom stereocenters. The van der Waals surface area contributed by atoms with Gasteiger partial charge in [-0.3, -0.25) is 0 Å². The van der Waals surface area contributed by atoms with E-state index in [0.717, 1.165) is 30.8 Å². The molecule has 2 aromatic heterocycles. The van der Waals surface area contributed by atoms with Crippen LogP contribution in [-0.2, 0) is 4.74 Å². The number of primary amides is 1. The van der Waals surface area contributed by atoms with Crippen LogP contribution >= 0.6 is 11.6 Å². The van der Waals surface area contributed by atoms with E-state index in [2.05, 4.69) is 19.9 Å². The topological polar surface area (TPSA) is 103 Å². The standard InChI is InChI=1S/C22H23ClFN5O3/c1-13(32-22(25)30)8-10-31-18-6-4-14(24)11-15(18)17-3-2-9-29(17)19-7-5-16-20(28-19)21(23)27-12-26-16/h4-7,11-13,17H,2-3,8-10H2,1H3,(H2,25,30)/t13-,17-/m1/s1. The van der Waals surface area contributed by atoms with Crippen LogP contribution in [0.2, 0.25) is 5.15 Å². The first-order valence-corrected chi connectivity index (χ1v) is 10.7. The summed E-state index contributed by atoms with van der Waals surface area (Å²) in [4.78, 5) is 25.9. The van der Waals surface area contributed by atoms with Crippen molar-refractivity contribution in [1.82, 2.24) is 15.0 Å². The van der Waals surface area contributed by atoms with E-state index < -0.39 is 6.09 Å². The van der Waals surface area contributed by atoms with Gasteiger partial charge in [0.1, 0.15) is 35.3 Å². The summed E-state index contributed by atoms with van der Waals surface area (Å²) in [5, 5.41) is 0.287. The number of carbonyl (C=O) groups is 1. The molecule has 0 bridgehead atoms. The minimum Gasteiger partial charge on any atom is -0.493 e. The molecular formula is C22H23ClFN5O3. The van der Waals surface area contributed by atoms with E-state index >= 15 is 0 Å². The summed E-state index contributed by atoms with van der Waals surface area (Å²) < 4.78 is 25.1. The van der Waals surface area contributed by atoms with Crippen LogP contribution in [0.15, 0.2) is 36.7 Å². The van der Waals surface area contributed by atoms with Crippen LogP contribution in [0.25, 0.3) is 11.0 Å². The quantitative estimate of drug-likeness (QED) is 0.522. The first-order chi connectivity index (χ1) is 15.4. The molecule has 2 N–H and O–H groups in total. The number of aromatic nitrogens is 3. The molecule has 32 heavy (non-hydrogen) atoms. The number of hydrogen-bond acceptors (Lipinski definition) is 7. The molecular weight excluding hydrogens is 437 g/mol. The van der Waals surface area contributed by atoms with Crippen LogP contribution in [0, 0.1) is 5.82 Å². The second-order valence-electron chi connectivity index (χ2n) is 7.62. The average molecular weight is 460 g/mol. The Hall–Kier alpha value is -3.20. The number of pyridine rings is 1. The minimum atomic E-state index is -0.824. The van der Waals surface area contributed by atoms with Crippen LogP contribution < -0.4 is 15.4 Å². The van der Waals surface area contributed by atoms with Gasteiger partial charge in [0.15, 0.2) is 5.15 Å². The highest BCUT2D eigenvalue weighted by Gasteiger charge is 2.30. The van der Waals surface area contributed by atoms with E-state index in [1.165, 1.54) is 18.5 Å². The zero-order chi connectivity index (χ0) is 22.7. The van der Waals surface area contributed by atoms with Gasteiger partial charge in [0.2, 0.25) is 0 Å². The van der Waals surface area contributed by atoms with Crippen LogP contribution in [-0.4, -0.2) is 40.3 Å². The third-order valence-electron chi connectivity index (χ3n) is 5.40. The van der Waals surface area contributed by atoms with E-state index in [9.17, 15) is 9.18 Å². The lowest BCUT2D eigenvalue weighted by Gasteiger charge is -2.28. The van der Waals surface area contributed by atoms with Crippen molar-refractivity contribution in [2.75, 3.05) is 18.1 Å². The number of benzene rings is 1. The average Bonchev–Trinajstić information content (AvgIpc) is 3.24. The van der Waals surface area contributed by atoms with E-state index in [-0.39, 0.29) is 23.1 Å². The Labute approximate surface area is 189 Å². The second kappa shape index (κ2) is 9.52. The second-order valence-corrected chi connectivity index (χ2v) is 7.98. The largest absolute Gasteiger partial charge is 0.493 e. The number of halogens is 2. The van der Waals surface area contributed by atoms with Gasteiger partial charge in [-0.2, -0.15) is 0 Å². The Bertz CT molecular complexity index is 1130. The molecule has 0 spiro atoms.